The van der Waals surface area contributed by atoms with Gasteiger partial charge in [0.05, 0.1) is 12.7 Å². The second kappa shape index (κ2) is 4.48. The maximum Gasteiger partial charge on any atom is 0.315 e. The molecule has 1 N–H and O–H groups in total. The molecule has 0 spiro atoms. The van der Waals surface area contributed by atoms with Gasteiger partial charge in [0, 0.05) is 12.7 Å². The molecule has 13 heavy (non-hydrogen) atoms. The van der Waals surface area contributed by atoms with Crippen LogP contribution in [-0.2, 0) is 11.3 Å². The molecule has 5 nitrogen and oxygen atoms in total. The first-order valence-electron chi connectivity index (χ1n) is 3.60. The number of carbonyl (C=O) groups excluding carboxylic acids is 1. The predicted molar refractivity (Wildman–Crippen MR) is 39.0 cm³/mol. The van der Waals surface area contributed by atoms with Crippen LogP contribution in [0.3, 0.4) is 0 Å². The molecule has 1 aromatic rings. The van der Waals surface area contributed by atoms with Crippen LogP contribution in [0.5, 0.6) is 0 Å². The molecule has 7 heteroatoms. The van der Waals surface area contributed by atoms with Gasteiger partial charge in [-0.25, -0.2) is 0 Å². The Morgan fingerprint density at radius 2 is 2.38 bits per heavy atom. The Morgan fingerprint density at radius 3 is 2.92 bits per heavy atom. The van der Waals surface area contributed by atoms with E-state index in [0.29, 0.717) is 6.54 Å². The van der Waals surface area contributed by atoms with E-state index in [1.807, 2.05) is 5.32 Å². The maximum absolute atomic E-state index is 11.6. The molecule has 0 bridgehead atoms. The lowest BCUT2D eigenvalue weighted by Gasteiger charge is -2.02. The average molecular weight is 190 g/mol. The molecule has 0 radical (unpaired) electrons. The molecule has 72 valence electrons. The summed E-state index contributed by atoms with van der Waals surface area (Å²) in [4.78, 5) is 10.4. The summed E-state index contributed by atoms with van der Waals surface area (Å²) in [6, 6.07) is 0. The van der Waals surface area contributed by atoms with Crippen molar-refractivity contribution in [2.45, 2.75) is 13.0 Å². The van der Waals surface area contributed by atoms with Crippen LogP contribution in [0.25, 0.3) is 0 Å². The van der Waals surface area contributed by atoms with Crippen molar-refractivity contribution in [3.05, 3.63) is 12.4 Å². The summed E-state index contributed by atoms with van der Waals surface area (Å²) in [5.41, 5.74) is 0. The summed E-state index contributed by atoms with van der Waals surface area (Å²) < 4.78 is 24.7. The van der Waals surface area contributed by atoms with Gasteiger partial charge in [-0.3, -0.25) is 9.48 Å². The number of nitrogens with one attached hydrogen (secondary N) is 1. The Bertz CT molecular complexity index is 262. The van der Waals surface area contributed by atoms with Crippen molar-refractivity contribution >= 4 is 5.91 Å². The fraction of sp³-hybridized carbons (Fsp3) is 0.500. The van der Waals surface area contributed by atoms with Crippen molar-refractivity contribution < 1.29 is 13.6 Å². The molecule has 0 aliphatic rings. The van der Waals surface area contributed by atoms with Crippen LogP contribution in [-0.4, -0.2) is 33.9 Å². The van der Waals surface area contributed by atoms with E-state index in [1.165, 1.54) is 10.9 Å². The fourth-order valence-electron chi connectivity index (χ4n) is 0.723. The second-order valence-electron chi connectivity index (χ2n) is 2.26. The highest BCUT2D eigenvalue weighted by Crippen LogP contribution is 1.90. The molecule has 1 amide bonds. The summed E-state index contributed by atoms with van der Waals surface area (Å²) in [5, 5.41) is 9.14. The number of halogens is 2. The van der Waals surface area contributed by atoms with Crippen LogP contribution >= 0.6 is 0 Å². The van der Waals surface area contributed by atoms with E-state index in [-0.39, 0.29) is 6.54 Å². The Labute approximate surface area is 72.7 Å². The molecule has 0 aliphatic carbocycles. The van der Waals surface area contributed by atoms with E-state index in [1.54, 1.807) is 6.20 Å². The molecule has 0 fully saturated rings. The fourth-order valence-corrected chi connectivity index (χ4v) is 0.723. The van der Waals surface area contributed by atoms with Crippen LogP contribution in [0.4, 0.5) is 8.78 Å². The van der Waals surface area contributed by atoms with Crippen molar-refractivity contribution in [3.63, 3.8) is 0 Å². The smallest absolute Gasteiger partial charge is 0.315 e. The summed E-state index contributed by atoms with van der Waals surface area (Å²) in [7, 11) is 0. The molecule has 0 saturated heterocycles. The molecule has 1 rings (SSSR count). The Morgan fingerprint density at radius 1 is 1.62 bits per heavy atom. The molecule has 0 saturated carbocycles. The lowest BCUT2D eigenvalue weighted by Crippen LogP contribution is -2.32. The molecule has 1 heterocycles. The van der Waals surface area contributed by atoms with Crippen LogP contribution in [0.1, 0.15) is 0 Å². The molecule has 1 aromatic heterocycles. The zero-order valence-electron chi connectivity index (χ0n) is 6.65. The van der Waals surface area contributed by atoms with Crippen LogP contribution in [0.2, 0.25) is 0 Å². The molecule has 0 aliphatic heterocycles. The number of nitrogens with zero attached hydrogens (tertiary/aromatic N) is 3. The number of aromatic nitrogens is 3. The SMILES string of the molecule is O=C(NCCn1ccnn1)C(F)F. The first-order valence-corrected chi connectivity index (χ1v) is 3.60. The summed E-state index contributed by atoms with van der Waals surface area (Å²) in [5.74, 6) is -1.26. The normalized spacial score (nSPS) is 10.4. The maximum atomic E-state index is 11.6. The lowest BCUT2D eigenvalue weighted by atomic mass is 10.5. The number of hydrogen-bond donors (Lipinski definition) is 1. The van der Waals surface area contributed by atoms with Crippen LogP contribution in [0, 0.1) is 0 Å². The standard InChI is InChI=1S/C6H8F2N4O/c7-5(8)6(13)9-1-3-12-4-2-10-11-12/h2,4-5H,1,3H2,(H,9,13). The van der Waals surface area contributed by atoms with Gasteiger partial charge in [-0.15, -0.1) is 5.10 Å². The quantitative estimate of drug-likeness (QED) is 0.706. The van der Waals surface area contributed by atoms with Crippen molar-refractivity contribution in [2.75, 3.05) is 6.54 Å². The first kappa shape index (κ1) is 9.56. The minimum atomic E-state index is -2.96. The second-order valence-corrected chi connectivity index (χ2v) is 2.26. The number of hydrogen-bond acceptors (Lipinski definition) is 3. The van der Waals surface area contributed by atoms with Crippen LogP contribution in [0.15, 0.2) is 12.4 Å². The van der Waals surface area contributed by atoms with E-state index in [9.17, 15) is 13.6 Å². The van der Waals surface area contributed by atoms with E-state index < -0.39 is 12.3 Å². The monoisotopic (exact) mass is 190 g/mol. The predicted octanol–water partition coefficient (Wildman–Crippen LogP) is -0.341. The number of amides is 1. The van der Waals surface area contributed by atoms with Crippen molar-refractivity contribution in [2.24, 2.45) is 0 Å². The third-order valence-corrected chi connectivity index (χ3v) is 1.31. The van der Waals surface area contributed by atoms with E-state index >= 15 is 0 Å². The zero-order valence-corrected chi connectivity index (χ0v) is 6.65. The van der Waals surface area contributed by atoms with Gasteiger partial charge in [0.15, 0.2) is 0 Å². The Hall–Kier alpha value is -1.53. The third-order valence-electron chi connectivity index (χ3n) is 1.31. The highest BCUT2D eigenvalue weighted by Gasteiger charge is 2.13. The minimum Gasteiger partial charge on any atom is -0.349 e. The number of alkyl halides is 2. The van der Waals surface area contributed by atoms with Gasteiger partial charge < -0.3 is 5.32 Å². The lowest BCUT2D eigenvalue weighted by molar-refractivity contribution is -0.131. The highest BCUT2D eigenvalue weighted by atomic mass is 19.3. The van der Waals surface area contributed by atoms with Gasteiger partial charge in [0.2, 0.25) is 0 Å². The summed E-state index contributed by atoms with van der Waals surface area (Å²) in [6.45, 7) is 0.449. The summed E-state index contributed by atoms with van der Waals surface area (Å²) in [6.07, 6.45) is 0.0828. The molecule has 0 aromatic carbocycles. The largest absolute Gasteiger partial charge is 0.349 e. The molecular weight excluding hydrogens is 182 g/mol. The van der Waals surface area contributed by atoms with Crippen molar-refractivity contribution in [3.8, 4) is 0 Å². The summed E-state index contributed by atoms with van der Waals surface area (Å²) >= 11 is 0. The highest BCUT2D eigenvalue weighted by molar-refractivity contribution is 5.78. The number of carbonyl (C=O) groups is 1. The molecule has 0 unspecified atom stereocenters. The number of rotatable bonds is 4. The molecule has 0 atom stereocenters. The van der Waals surface area contributed by atoms with Crippen molar-refractivity contribution in [1.29, 1.82) is 0 Å². The Balaban J connectivity index is 2.18. The van der Waals surface area contributed by atoms with Gasteiger partial charge >= 0.3 is 6.43 Å². The minimum absolute atomic E-state index is 0.118. The molecular formula is C6H8F2N4O. The zero-order chi connectivity index (χ0) is 9.68. The van der Waals surface area contributed by atoms with Gasteiger partial charge in [0.25, 0.3) is 5.91 Å². The average Bonchev–Trinajstić information content (AvgIpc) is 2.56. The van der Waals surface area contributed by atoms with E-state index in [4.69, 9.17) is 0 Å². The van der Waals surface area contributed by atoms with E-state index in [0.717, 1.165) is 0 Å². The van der Waals surface area contributed by atoms with Gasteiger partial charge in [-0.2, -0.15) is 8.78 Å². The van der Waals surface area contributed by atoms with Gasteiger partial charge in [0.1, 0.15) is 0 Å². The topological polar surface area (TPSA) is 59.8 Å². The van der Waals surface area contributed by atoms with E-state index in [2.05, 4.69) is 10.3 Å². The van der Waals surface area contributed by atoms with Crippen molar-refractivity contribution in [1.82, 2.24) is 20.3 Å². The van der Waals surface area contributed by atoms with Crippen LogP contribution < -0.4 is 5.32 Å². The van der Waals surface area contributed by atoms with Gasteiger partial charge in [-0.05, 0) is 0 Å². The first-order chi connectivity index (χ1) is 6.20. The van der Waals surface area contributed by atoms with Gasteiger partial charge in [-0.1, -0.05) is 5.21 Å². The third kappa shape index (κ3) is 3.14. The Kier molecular flexibility index (Phi) is 3.30.